The molecule has 518 valence electrons. The topological polar surface area (TPSA) is 149 Å². The van der Waals surface area contributed by atoms with Gasteiger partial charge in [-0.1, -0.05) is 392 Å². The second-order valence-corrected chi connectivity index (χ2v) is 27.9. The molecule has 87 heavy (non-hydrogen) atoms. The van der Waals surface area contributed by atoms with Crippen molar-refractivity contribution in [3.8, 4) is 0 Å². The van der Waals surface area contributed by atoms with Gasteiger partial charge in [0, 0.05) is 6.42 Å². The molecule has 0 bridgehead atoms. The molecule has 0 saturated carbocycles. The van der Waals surface area contributed by atoms with E-state index in [-0.39, 0.29) is 12.5 Å². The fourth-order valence-corrected chi connectivity index (χ4v) is 13.2. The van der Waals surface area contributed by atoms with Crippen molar-refractivity contribution in [2.24, 2.45) is 0 Å². The first-order valence-electron chi connectivity index (χ1n) is 39.4. The SMILES string of the molecule is CCCCCCCCCC/C=C\CCCCCCCCCCCCCCCCCCCCCC(=O)NC(COC1OC(CO)C(O)C(O)C1O)C(O)CCCCCCCCCCCCCCCCCCCCCCCCCCCCCCCCCCC. The van der Waals surface area contributed by atoms with Crippen LogP contribution in [0.25, 0.3) is 0 Å². The molecule has 7 atom stereocenters. The van der Waals surface area contributed by atoms with Crippen molar-refractivity contribution in [1.82, 2.24) is 5.32 Å². The highest BCUT2D eigenvalue weighted by molar-refractivity contribution is 5.76. The van der Waals surface area contributed by atoms with Crippen molar-refractivity contribution in [3.05, 3.63) is 12.2 Å². The summed E-state index contributed by atoms with van der Waals surface area (Å²) in [5.41, 5.74) is 0. The van der Waals surface area contributed by atoms with Gasteiger partial charge in [0.15, 0.2) is 6.29 Å². The van der Waals surface area contributed by atoms with Crippen molar-refractivity contribution < 1.29 is 39.8 Å². The smallest absolute Gasteiger partial charge is 0.220 e. The number of ether oxygens (including phenoxy) is 2. The van der Waals surface area contributed by atoms with Crippen LogP contribution in [0.5, 0.6) is 0 Å². The van der Waals surface area contributed by atoms with Gasteiger partial charge in [-0.25, -0.2) is 0 Å². The Bertz CT molecular complexity index is 1380. The first-order chi connectivity index (χ1) is 42.8. The zero-order valence-corrected chi connectivity index (χ0v) is 58.3. The number of aliphatic hydroxyl groups excluding tert-OH is 5. The fraction of sp³-hybridized carbons (Fsp3) is 0.962. The van der Waals surface area contributed by atoms with E-state index < -0.39 is 49.5 Å². The molecule has 0 aliphatic carbocycles. The van der Waals surface area contributed by atoms with Crippen LogP contribution in [-0.4, -0.2) is 87.5 Å². The zero-order valence-electron chi connectivity index (χ0n) is 58.3. The third-order valence-electron chi connectivity index (χ3n) is 19.4. The minimum atomic E-state index is -1.55. The Kier molecular flexibility index (Phi) is 65.4. The number of rotatable bonds is 71. The van der Waals surface area contributed by atoms with Crippen LogP contribution in [0.3, 0.4) is 0 Å². The first kappa shape index (κ1) is 83.9. The third kappa shape index (κ3) is 56.2. The number of amides is 1. The molecule has 0 aromatic rings. The number of aliphatic hydroxyl groups is 5. The molecule has 6 N–H and O–H groups in total. The van der Waals surface area contributed by atoms with Gasteiger partial charge in [-0.2, -0.15) is 0 Å². The summed E-state index contributed by atoms with van der Waals surface area (Å²) in [5.74, 6) is -0.133. The number of nitrogens with one attached hydrogen (secondary N) is 1. The van der Waals surface area contributed by atoms with E-state index >= 15 is 0 Å². The van der Waals surface area contributed by atoms with Crippen LogP contribution in [0, 0.1) is 0 Å². The average molecular weight is 1230 g/mol. The van der Waals surface area contributed by atoms with Gasteiger partial charge in [0.2, 0.25) is 5.91 Å². The lowest BCUT2D eigenvalue weighted by molar-refractivity contribution is -0.302. The van der Waals surface area contributed by atoms with E-state index in [9.17, 15) is 30.3 Å². The maximum atomic E-state index is 13.2. The summed E-state index contributed by atoms with van der Waals surface area (Å²) in [6.45, 7) is 3.91. The normalized spacial score (nSPS) is 17.9. The van der Waals surface area contributed by atoms with Gasteiger partial charge < -0.3 is 40.3 Å². The summed E-state index contributed by atoms with van der Waals surface area (Å²) >= 11 is 0. The Labute approximate surface area is 541 Å². The molecule has 9 nitrogen and oxygen atoms in total. The lowest BCUT2D eigenvalue weighted by Gasteiger charge is -2.40. The van der Waals surface area contributed by atoms with Crippen LogP contribution in [-0.2, 0) is 14.3 Å². The number of carbonyl (C=O) groups excluding carboxylic acids is 1. The lowest BCUT2D eigenvalue weighted by atomic mass is 9.99. The molecule has 1 aliphatic rings. The summed E-state index contributed by atoms with van der Waals surface area (Å²) in [6, 6.07) is -0.718. The van der Waals surface area contributed by atoms with Gasteiger partial charge in [-0.15, -0.1) is 0 Å². The second-order valence-electron chi connectivity index (χ2n) is 27.9. The molecular weight excluding hydrogens is 1080 g/mol. The summed E-state index contributed by atoms with van der Waals surface area (Å²) in [4.78, 5) is 13.2. The molecule has 0 aromatic heterocycles. The average Bonchev–Trinajstić information content (AvgIpc) is 3.47. The van der Waals surface area contributed by atoms with Crippen molar-refractivity contribution in [2.45, 2.75) is 468 Å². The maximum absolute atomic E-state index is 13.2. The van der Waals surface area contributed by atoms with Crippen molar-refractivity contribution in [2.75, 3.05) is 13.2 Å². The summed E-state index contributed by atoms with van der Waals surface area (Å²) in [7, 11) is 0. The number of allylic oxidation sites excluding steroid dienone is 2. The molecule has 1 fully saturated rings. The molecule has 1 heterocycles. The van der Waals surface area contributed by atoms with Gasteiger partial charge >= 0.3 is 0 Å². The van der Waals surface area contributed by atoms with E-state index in [1.165, 1.54) is 360 Å². The molecule has 0 aromatic carbocycles. The van der Waals surface area contributed by atoms with Crippen molar-refractivity contribution in [3.63, 3.8) is 0 Å². The predicted octanol–water partition coefficient (Wildman–Crippen LogP) is 22.2. The minimum absolute atomic E-state index is 0.132. The third-order valence-corrected chi connectivity index (χ3v) is 19.4. The van der Waals surface area contributed by atoms with Crippen LogP contribution in [0.2, 0.25) is 0 Å². The highest BCUT2D eigenvalue weighted by Gasteiger charge is 2.44. The molecule has 1 rings (SSSR count). The maximum Gasteiger partial charge on any atom is 0.220 e. The lowest BCUT2D eigenvalue weighted by Crippen LogP contribution is -2.60. The van der Waals surface area contributed by atoms with Crippen LogP contribution < -0.4 is 5.32 Å². The Morgan fingerprint density at radius 1 is 0.379 bits per heavy atom. The number of unbranched alkanes of at least 4 members (excludes halogenated alkanes) is 59. The van der Waals surface area contributed by atoms with Gasteiger partial charge in [-0.05, 0) is 38.5 Å². The molecule has 1 amide bonds. The van der Waals surface area contributed by atoms with Gasteiger partial charge in [0.25, 0.3) is 0 Å². The Morgan fingerprint density at radius 2 is 0.644 bits per heavy atom. The summed E-state index contributed by atoms with van der Waals surface area (Å²) in [5, 5.41) is 55.1. The predicted molar refractivity (Wildman–Crippen MR) is 374 cm³/mol. The highest BCUT2D eigenvalue weighted by atomic mass is 16.7. The van der Waals surface area contributed by atoms with Gasteiger partial charge in [-0.3, -0.25) is 4.79 Å². The van der Waals surface area contributed by atoms with E-state index in [0.29, 0.717) is 12.8 Å². The van der Waals surface area contributed by atoms with Crippen LogP contribution >= 0.6 is 0 Å². The Hall–Kier alpha value is -1.07. The van der Waals surface area contributed by atoms with Crippen LogP contribution in [0.15, 0.2) is 12.2 Å². The molecule has 0 radical (unpaired) electrons. The van der Waals surface area contributed by atoms with E-state index in [4.69, 9.17) is 9.47 Å². The Balaban J connectivity index is 2.05. The minimum Gasteiger partial charge on any atom is -0.394 e. The number of hydrogen-bond donors (Lipinski definition) is 6. The van der Waals surface area contributed by atoms with E-state index in [1.807, 2.05) is 0 Å². The Morgan fingerprint density at radius 3 is 0.931 bits per heavy atom. The molecule has 7 unspecified atom stereocenters. The fourth-order valence-electron chi connectivity index (χ4n) is 13.2. The molecule has 1 saturated heterocycles. The molecular formula is C78H153NO8. The first-order valence-corrected chi connectivity index (χ1v) is 39.4. The standard InChI is InChI=1S/C78H153NO8/c1-3-5-7-9-11-13-15-17-19-21-23-25-27-29-31-33-35-36-38-39-41-43-45-47-49-51-53-55-57-59-61-63-65-67-72(81)71(70-86-78-77(85)76(84)75(83)73(69-80)87-78)79-74(82)68-66-64-62-60-58-56-54-52-50-48-46-44-42-40-37-34-32-30-28-26-24-22-20-18-16-14-12-10-8-6-4-2/h22,24,71-73,75-78,80-81,83-85H,3-21,23,25-70H2,1-2H3,(H,79,82)/b24-22-. The summed E-state index contributed by atoms with van der Waals surface area (Å²) < 4.78 is 11.4. The largest absolute Gasteiger partial charge is 0.394 e. The molecule has 0 spiro atoms. The van der Waals surface area contributed by atoms with Gasteiger partial charge in [0.1, 0.15) is 24.4 Å². The molecule has 1 aliphatic heterocycles. The van der Waals surface area contributed by atoms with Gasteiger partial charge in [0.05, 0.1) is 25.4 Å². The van der Waals surface area contributed by atoms with E-state index in [1.54, 1.807) is 0 Å². The number of carbonyl (C=O) groups is 1. The monoisotopic (exact) mass is 1230 g/mol. The summed E-state index contributed by atoms with van der Waals surface area (Å²) in [6.07, 6.45) is 81.8. The molecule has 9 heteroatoms. The van der Waals surface area contributed by atoms with Crippen molar-refractivity contribution in [1.29, 1.82) is 0 Å². The van der Waals surface area contributed by atoms with Crippen LogP contribution in [0.4, 0.5) is 0 Å². The van der Waals surface area contributed by atoms with E-state index in [2.05, 4.69) is 31.3 Å². The number of hydrogen-bond acceptors (Lipinski definition) is 8. The van der Waals surface area contributed by atoms with Crippen LogP contribution in [0.1, 0.15) is 425 Å². The van der Waals surface area contributed by atoms with E-state index in [0.717, 1.165) is 38.5 Å². The highest BCUT2D eigenvalue weighted by Crippen LogP contribution is 2.24. The zero-order chi connectivity index (χ0) is 62.8. The van der Waals surface area contributed by atoms with Crippen molar-refractivity contribution >= 4 is 5.91 Å². The quantitative estimate of drug-likeness (QED) is 0.0261. The second kappa shape index (κ2) is 67.8.